The van der Waals surface area contributed by atoms with Crippen molar-refractivity contribution >= 4 is 51.7 Å². The number of fused-ring (bicyclic) bond motifs is 1. The molecule has 2 aromatic carbocycles. The monoisotopic (exact) mass is 365 g/mol. The first-order valence-electron chi connectivity index (χ1n) is 8.13. The summed E-state index contributed by atoms with van der Waals surface area (Å²) >= 11 is 5.08. The van der Waals surface area contributed by atoms with E-state index >= 15 is 0 Å². The van der Waals surface area contributed by atoms with E-state index < -0.39 is 11.8 Å². The van der Waals surface area contributed by atoms with Crippen molar-refractivity contribution in [3.63, 3.8) is 0 Å². The number of rotatable bonds is 4. The van der Waals surface area contributed by atoms with Crippen LogP contribution < -0.4 is 10.2 Å². The van der Waals surface area contributed by atoms with Gasteiger partial charge in [0.2, 0.25) is 0 Å². The van der Waals surface area contributed by atoms with Gasteiger partial charge >= 0.3 is 0 Å². The van der Waals surface area contributed by atoms with Crippen molar-refractivity contribution in [2.75, 3.05) is 25.5 Å². The Morgan fingerprint density at radius 3 is 2.50 bits per heavy atom. The molecule has 1 fully saturated rings. The Bertz CT molecular complexity index is 963. The normalized spacial score (nSPS) is 16.2. The number of carbonyl (C=O) groups is 2. The second-order valence-corrected chi connectivity index (χ2v) is 6.52. The molecule has 1 N–H and O–H groups in total. The number of carbonyl (C=O) groups excluding carboxylic acids is 2. The summed E-state index contributed by atoms with van der Waals surface area (Å²) in [5.74, 6) is -0.902. The molecule has 5 nitrogen and oxygen atoms in total. The van der Waals surface area contributed by atoms with Gasteiger partial charge in [-0.1, -0.05) is 36.4 Å². The number of hydrogen-bond acceptors (Lipinski definition) is 4. The van der Waals surface area contributed by atoms with Crippen LogP contribution in [0.4, 0.5) is 5.69 Å². The fraction of sp³-hybridized carbons (Fsp3) is 0.150. The first-order chi connectivity index (χ1) is 12.4. The van der Waals surface area contributed by atoms with E-state index in [1.807, 2.05) is 55.4 Å². The van der Waals surface area contributed by atoms with Gasteiger partial charge in [-0.15, -0.1) is 6.58 Å². The van der Waals surface area contributed by atoms with Gasteiger partial charge in [0.15, 0.2) is 5.11 Å². The molecule has 1 aliphatic rings. The van der Waals surface area contributed by atoms with Crippen LogP contribution in [0.1, 0.15) is 5.56 Å². The molecule has 2 aromatic rings. The van der Waals surface area contributed by atoms with Gasteiger partial charge in [0.25, 0.3) is 11.8 Å². The molecule has 0 aliphatic carbocycles. The van der Waals surface area contributed by atoms with Crippen molar-refractivity contribution in [1.29, 1.82) is 0 Å². The van der Waals surface area contributed by atoms with Crippen LogP contribution in [0.25, 0.3) is 16.8 Å². The molecule has 1 saturated heterocycles. The predicted molar refractivity (Wildman–Crippen MR) is 109 cm³/mol. The van der Waals surface area contributed by atoms with Crippen LogP contribution in [-0.2, 0) is 9.59 Å². The summed E-state index contributed by atoms with van der Waals surface area (Å²) in [6.45, 7) is 3.87. The Hall–Kier alpha value is -2.99. The molecular formula is C20H19N3O2S. The van der Waals surface area contributed by atoms with E-state index in [4.69, 9.17) is 12.2 Å². The lowest BCUT2D eigenvalue weighted by molar-refractivity contribution is -0.128. The summed E-state index contributed by atoms with van der Waals surface area (Å²) < 4.78 is 0. The Morgan fingerprint density at radius 1 is 1.15 bits per heavy atom. The SMILES string of the molecule is C=CCN1C(=O)/C(=C/c2ccc(N(C)C)c3ccccc23)C(=O)NC1=S. The van der Waals surface area contributed by atoms with Crippen molar-refractivity contribution < 1.29 is 9.59 Å². The summed E-state index contributed by atoms with van der Waals surface area (Å²) in [5, 5.41) is 4.69. The highest BCUT2D eigenvalue weighted by atomic mass is 32.1. The second kappa shape index (κ2) is 7.09. The van der Waals surface area contributed by atoms with Crippen molar-refractivity contribution in [1.82, 2.24) is 10.2 Å². The Morgan fingerprint density at radius 2 is 1.85 bits per heavy atom. The number of benzene rings is 2. The fourth-order valence-electron chi connectivity index (χ4n) is 2.97. The first-order valence-corrected chi connectivity index (χ1v) is 8.53. The van der Waals surface area contributed by atoms with E-state index in [1.165, 1.54) is 4.90 Å². The quantitative estimate of drug-likeness (QED) is 0.392. The molecule has 1 aliphatic heterocycles. The molecule has 26 heavy (non-hydrogen) atoms. The van der Waals surface area contributed by atoms with Crippen molar-refractivity contribution in [2.45, 2.75) is 0 Å². The highest BCUT2D eigenvalue weighted by Gasteiger charge is 2.32. The van der Waals surface area contributed by atoms with Crippen LogP contribution in [0.3, 0.4) is 0 Å². The van der Waals surface area contributed by atoms with E-state index in [2.05, 4.69) is 11.9 Å². The van der Waals surface area contributed by atoms with Gasteiger partial charge in [-0.2, -0.15) is 0 Å². The molecule has 0 saturated carbocycles. The largest absolute Gasteiger partial charge is 0.377 e. The summed E-state index contributed by atoms with van der Waals surface area (Å²) in [6.07, 6.45) is 3.19. The molecule has 132 valence electrons. The zero-order valence-electron chi connectivity index (χ0n) is 14.7. The predicted octanol–water partition coefficient (Wildman–Crippen LogP) is 2.72. The van der Waals surface area contributed by atoms with Crippen LogP contribution in [0.2, 0.25) is 0 Å². The number of amides is 2. The van der Waals surface area contributed by atoms with Crippen molar-refractivity contribution in [3.8, 4) is 0 Å². The smallest absolute Gasteiger partial charge is 0.265 e. The summed E-state index contributed by atoms with van der Waals surface area (Å²) in [5.41, 5.74) is 1.93. The molecule has 0 unspecified atom stereocenters. The lowest BCUT2D eigenvalue weighted by atomic mass is 9.99. The minimum Gasteiger partial charge on any atom is -0.377 e. The van der Waals surface area contributed by atoms with E-state index in [1.54, 1.807) is 12.2 Å². The van der Waals surface area contributed by atoms with Gasteiger partial charge in [0.05, 0.1) is 0 Å². The van der Waals surface area contributed by atoms with Crippen LogP contribution >= 0.6 is 12.2 Å². The van der Waals surface area contributed by atoms with E-state index in [9.17, 15) is 9.59 Å². The number of hydrogen-bond donors (Lipinski definition) is 1. The third-order valence-electron chi connectivity index (χ3n) is 4.21. The zero-order valence-corrected chi connectivity index (χ0v) is 15.5. The first kappa shape index (κ1) is 17.8. The van der Waals surface area contributed by atoms with Gasteiger partial charge in [0, 0.05) is 31.7 Å². The topological polar surface area (TPSA) is 52.7 Å². The van der Waals surface area contributed by atoms with Crippen LogP contribution in [-0.4, -0.2) is 42.5 Å². The number of nitrogens with zero attached hydrogens (tertiary/aromatic N) is 2. The lowest BCUT2D eigenvalue weighted by Crippen LogP contribution is -2.53. The van der Waals surface area contributed by atoms with Crippen molar-refractivity contribution in [3.05, 3.63) is 60.2 Å². The molecular weight excluding hydrogens is 346 g/mol. The van der Waals surface area contributed by atoms with E-state index in [-0.39, 0.29) is 17.2 Å². The third-order valence-corrected chi connectivity index (χ3v) is 4.54. The van der Waals surface area contributed by atoms with Gasteiger partial charge < -0.3 is 4.90 Å². The Labute approximate surface area is 157 Å². The van der Waals surface area contributed by atoms with Gasteiger partial charge in [-0.05, 0) is 35.3 Å². The number of thiocarbonyl (C=S) groups is 1. The average Bonchev–Trinajstić information content (AvgIpc) is 2.61. The van der Waals surface area contributed by atoms with Crippen LogP contribution in [0, 0.1) is 0 Å². The summed E-state index contributed by atoms with van der Waals surface area (Å²) in [7, 11) is 3.96. The standard InChI is InChI=1S/C20H19N3O2S/c1-4-11-23-19(25)16(18(24)21-20(23)26)12-13-9-10-17(22(2)3)15-8-6-5-7-14(13)15/h4-10,12H,1,11H2,2-3H3,(H,21,24,26)/b16-12+. The number of nitrogens with one attached hydrogen (secondary N) is 1. The molecule has 0 bridgehead atoms. The molecule has 0 atom stereocenters. The average molecular weight is 365 g/mol. The molecule has 2 amide bonds. The van der Waals surface area contributed by atoms with E-state index in [0.29, 0.717) is 0 Å². The maximum absolute atomic E-state index is 12.7. The molecule has 0 spiro atoms. The molecule has 1 heterocycles. The molecule has 6 heteroatoms. The third kappa shape index (κ3) is 3.11. The molecule has 0 radical (unpaired) electrons. The van der Waals surface area contributed by atoms with Gasteiger partial charge in [-0.25, -0.2) is 0 Å². The Balaban J connectivity index is 2.13. The highest BCUT2D eigenvalue weighted by molar-refractivity contribution is 7.80. The van der Waals surface area contributed by atoms with Crippen LogP contribution in [0.5, 0.6) is 0 Å². The highest BCUT2D eigenvalue weighted by Crippen LogP contribution is 2.30. The lowest BCUT2D eigenvalue weighted by Gasteiger charge is -2.28. The fourth-order valence-corrected chi connectivity index (χ4v) is 3.22. The molecule has 0 aromatic heterocycles. The van der Waals surface area contributed by atoms with Crippen molar-refractivity contribution in [2.24, 2.45) is 0 Å². The molecule has 3 rings (SSSR count). The zero-order chi connectivity index (χ0) is 18.8. The van der Waals surface area contributed by atoms with Gasteiger partial charge in [-0.3, -0.25) is 19.8 Å². The minimum absolute atomic E-state index is 0.0585. The van der Waals surface area contributed by atoms with E-state index in [0.717, 1.165) is 22.0 Å². The second-order valence-electron chi connectivity index (χ2n) is 6.14. The van der Waals surface area contributed by atoms with Crippen LogP contribution in [0.15, 0.2) is 54.6 Å². The summed E-state index contributed by atoms with van der Waals surface area (Å²) in [4.78, 5) is 28.4. The van der Waals surface area contributed by atoms with Gasteiger partial charge in [0.1, 0.15) is 5.57 Å². The summed E-state index contributed by atoms with van der Waals surface area (Å²) in [6, 6.07) is 11.8. The maximum atomic E-state index is 12.7. The minimum atomic E-state index is -0.485. The number of anilines is 1. The Kier molecular flexibility index (Phi) is 4.86. The maximum Gasteiger partial charge on any atom is 0.265 e.